The topological polar surface area (TPSA) is 26.3 Å². The van der Waals surface area contributed by atoms with Gasteiger partial charge >= 0.3 is 5.97 Å². The summed E-state index contributed by atoms with van der Waals surface area (Å²) < 4.78 is 5.39. The summed E-state index contributed by atoms with van der Waals surface area (Å²) in [6.45, 7) is 15.9. The van der Waals surface area contributed by atoms with Gasteiger partial charge in [-0.1, -0.05) is 110 Å². The molecule has 0 aromatic heterocycles. The molecular weight excluding hydrogens is 404 g/mol. The highest BCUT2D eigenvalue weighted by atomic mass is 16.5. The summed E-state index contributed by atoms with van der Waals surface area (Å²) in [5.41, 5.74) is 1.35. The Bertz CT molecular complexity index is 491. The van der Waals surface area contributed by atoms with Crippen LogP contribution in [0.15, 0.2) is 24.3 Å². The third-order valence-corrected chi connectivity index (χ3v) is 6.86. The van der Waals surface area contributed by atoms with Crippen molar-refractivity contribution in [1.82, 2.24) is 0 Å². The van der Waals surface area contributed by atoms with Crippen LogP contribution in [0, 0.1) is 17.8 Å². The quantitative estimate of drug-likeness (QED) is 0.0857. The van der Waals surface area contributed by atoms with E-state index in [1.165, 1.54) is 82.6 Å². The molecule has 0 N–H and O–H groups in total. The summed E-state index contributed by atoms with van der Waals surface area (Å²) in [5, 5.41) is 0. The second kappa shape index (κ2) is 22.7. The van der Waals surface area contributed by atoms with E-state index in [0.29, 0.717) is 13.0 Å². The Morgan fingerprint density at radius 1 is 0.727 bits per heavy atom. The van der Waals surface area contributed by atoms with Gasteiger partial charge in [0.15, 0.2) is 0 Å². The smallest absolute Gasteiger partial charge is 0.306 e. The first-order chi connectivity index (χ1) is 15.8. The van der Waals surface area contributed by atoms with Crippen LogP contribution in [0.4, 0.5) is 0 Å². The lowest BCUT2D eigenvalue weighted by Crippen LogP contribution is -2.04. The van der Waals surface area contributed by atoms with Crippen LogP contribution in [0.25, 0.3) is 0 Å². The third-order valence-electron chi connectivity index (χ3n) is 6.86. The Labute approximate surface area is 208 Å². The van der Waals surface area contributed by atoms with Crippen LogP contribution in [0.1, 0.15) is 144 Å². The summed E-state index contributed by atoms with van der Waals surface area (Å²) in [5.74, 6) is 2.51. The average molecular weight is 463 g/mol. The number of carbonyl (C=O) groups is 1. The number of carbonyl (C=O) groups excluding carboxylic acids is 1. The number of unbranched alkanes of at least 4 members (excludes halogenated alkanes) is 6. The highest BCUT2D eigenvalue weighted by Crippen LogP contribution is 2.22. The standard InChI is InChI=1S/C31H58O2/c1-7-8-9-10-11-12-13-14-24-31(32)33-26-25-30(6)23-17-22-29(5)21-16-20-28(4)19-15-18-27(2)3/h7,25,27-29H,1,8-24,26H2,2-6H3. The van der Waals surface area contributed by atoms with Crippen molar-refractivity contribution in [3.05, 3.63) is 24.3 Å². The lowest BCUT2D eigenvalue weighted by Gasteiger charge is -2.15. The van der Waals surface area contributed by atoms with Gasteiger partial charge in [0, 0.05) is 6.42 Å². The van der Waals surface area contributed by atoms with Crippen molar-refractivity contribution in [2.24, 2.45) is 17.8 Å². The molecule has 0 heterocycles. The molecule has 2 nitrogen and oxygen atoms in total. The molecule has 0 aliphatic rings. The van der Waals surface area contributed by atoms with Gasteiger partial charge in [0.25, 0.3) is 0 Å². The molecule has 0 aliphatic carbocycles. The van der Waals surface area contributed by atoms with E-state index < -0.39 is 0 Å². The molecule has 2 atom stereocenters. The molecule has 2 heteroatoms. The summed E-state index contributed by atoms with van der Waals surface area (Å²) in [4.78, 5) is 11.9. The van der Waals surface area contributed by atoms with Gasteiger partial charge in [0.05, 0.1) is 0 Å². The largest absolute Gasteiger partial charge is 0.461 e. The molecule has 33 heavy (non-hydrogen) atoms. The number of hydrogen-bond donors (Lipinski definition) is 0. The number of esters is 1. The molecule has 0 aliphatic heterocycles. The lowest BCUT2D eigenvalue weighted by atomic mass is 9.91. The van der Waals surface area contributed by atoms with Gasteiger partial charge in [-0.2, -0.15) is 0 Å². The zero-order valence-electron chi connectivity index (χ0n) is 23.1. The molecule has 0 aromatic rings. The summed E-state index contributed by atoms with van der Waals surface area (Å²) in [6, 6.07) is 0. The molecule has 0 aromatic carbocycles. The summed E-state index contributed by atoms with van der Waals surface area (Å²) in [6.07, 6.45) is 24.9. The van der Waals surface area contributed by atoms with Crippen LogP contribution >= 0.6 is 0 Å². The van der Waals surface area contributed by atoms with Crippen LogP contribution in [-0.2, 0) is 9.53 Å². The van der Waals surface area contributed by atoms with Crippen LogP contribution < -0.4 is 0 Å². The van der Waals surface area contributed by atoms with Gasteiger partial charge in [-0.25, -0.2) is 0 Å². The fourth-order valence-electron chi connectivity index (χ4n) is 4.42. The van der Waals surface area contributed by atoms with Crippen molar-refractivity contribution in [2.45, 2.75) is 144 Å². The van der Waals surface area contributed by atoms with Gasteiger partial charge in [-0.15, -0.1) is 6.58 Å². The first-order valence-electron chi connectivity index (χ1n) is 14.3. The summed E-state index contributed by atoms with van der Waals surface area (Å²) in [7, 11) is 0. The van der Waals surface area contributed by atoms with Gasteiger partial charge in [-0.05, 0) is 62.9 Å². The van der Waals surface area contributed by atoms with E-state index in [1.807, 2.05) is 6.08 Å². The van der Waals surface area contributed by atoms with Crippen molar-refractivity contribution in [3.63, 3.8) is 0 Å². The zero-order valence-corrected chi connectivity index (χ0v) is 23.1. The highest BCUT2D eigenvalue weighted by Gasteiger charge is 2.07. The Hall–Kier alpha value is -1.05. The first-order valence-corrected chi connectivity index (χ1v) is 14.3. The van der Waals surface area contributed by atoms with Gasteiger partial charge < -0.3 is 4.74 Å². The fourth-order valence-corrected chi connectivity index (χ4v) is 4.42. The van der Waals surface area contributed by atoms with E-state index in [0.717, 1.165) is 43.4 Å². The van der Waals surface area contributed by atoms with Crippen LogP contribution in [0.3, 0.4) is 0 Å². The molecule has 0 amide bonds. The van der Waals surface area contributed by atoms with E-state index in [1.54, 1.807) is 0 Å². The average Bonchev–Trinajstić information content (AvgIpc) is 2.75. The Balaban J connectivity index is 3.64. The summed E-state index contributed by atoms with van der Waals surface area (Å²) >= 11 is 0. The van der Waals surface area contributed by atoms with Crippen LogP contribution in [0.5, 0.6) is 0 Å². The fraction of sp³-hybridized carbons (Fsp3) is 0.839. The minimum Gasteiger partial charge on any atom is -0.461 e. The van der Waals surface area contributed by atoms with E-state index in [4.69, 9.17) is 4.74 Å². The van der Waals surface area contributed by atoms with Gasteiger partial charge in [0.1, 0.15) is 6.61 Å². The van der Waals surface area contributed by atoms with Crippen molar-refractivity contribution < 1.29 is 9.53 Å². The molecule has 0 rings (SSSR count). The van der Waals surface area contributed by atoms with Gasteiger partial charge in [0.2, 0.25) is 0 Å². The number of allylic oxidation sites excluding steroid dienone is 2. The Morgan fingerprint density at radius 3 is 1.88 bits per heavy atom. The Morgan fingerprint density at radius 2 is 1.27 bits per heavy atom. The maximum absolute atomic E-state index is 11.9. The van der Waals surface area contributed by atoms with Crippen molar-refractivity contribution in [2.75, 3.05) is 6.61 Å². The minimum atomic E-state index is -0.0437. The van der Waals surface area contributed by atoms with E-state index in [9.17, 15) is 4.79 Å². The van der Waals surface area contributed by atoms with E-state index in [2.05, 4.69) is 47.3 Å². The molecule has 0 bridgehead atoms. The maximum Gasteiger partial charge on any atom is 0.306 e. The monoisotopic (exact) mass is 462 g/mol. The van der Waals surface area contributed by atoms with E-state index in [-0.39, 0.29) is 5.97 Å². The van der Waals surface area contributed by atoms with Crippen molar-refractivity contribution in [1.29, 1.82) is 0 Å². The molecule has 0 saturated heterocycles. The number of rotatable bonds is 23. The highest BCUT2D eigenvalue weighted by molar-refractivity contribution is 5.69. The Kier molecular flexibility index (Phi) is 22.0. The second-order valence-corrected chi connectivity index (χ2v) is 11.0. The van der Waals surface area contributed by atoms with Crippen molar-refractivity contribution in [3.8, 4) is 0 Å². The molecule has 194 valence electrons. The molecule has 0 fully saturated rings. The first kappa shape index (κ1) is 31.9. The molecule has 2 unspecified atom stereocenters. The third kappa shape index (κ3) is 23.9. The maximum atomic E-state index is 11.9. The SMILES string of the molecule is C=CCCCCCCCCC(=O)OCC=C(C)CCCC(C)CCCC(C)CCCC(C)C. The number of ether oxygens (including phenoxy) is 1. The van der Waals surface area contributed by atoms with Crippen LogP contribution in [0.2, 0.25) is 0 Å². The second-order valence-electron chi connectivity index (χ2n) is 11.0. The number of hydrogen-bond acceptors (Lipinski definition) is 2. The molecule has 0 saturated carbocycles. The molecule has 0 spiro atoms. The minimum absolute atomic E-state index is 0.0437. The van der Waals surface area contributed by atoms with Crippen LogP contribution in [-0.4, -0.2) is 12.6 Å². The predicted molar refractivity (Wildman–Crippen MR) is 147 cm³/mol. The molecule has 0 radical (unpaired) electrons. The molecular formula is C31H58O2. The van der Waals surface area contributed by atoms with Gasteiger partial charge in [-0.3, -0.25) is 4.79 Å². The lowest BCUT2D eigenvalue weighted by molar-refractivity contribution is -0.142. The van der Waals surface area contributed by atoms with E-state index >= 15 is 0 Å². The zero-order chi connectivity index (χ0) is 24.7. The van der Waals surface area contributed by atoms with Crippen molar-refractivity contribution >= 4 is 5.97 Å². The predicted octanol–water partition coefficient (Wildman–Crippen LogP) is 10.2. The normalized spacial score (nSPS) is 13.8.